The minimum absolute atomic E-state index is 0.0154. The van der Waals surface area contributed by atoms with Crippen molar-refractivity contribution in [3.63, 3.8) is 0 Å². The maximum absolute atomic E-state index is 13.5. The predicted molar refractivity (Wildman–Crippen MR) is 80.4 cm³/mol. The number of ether oxygens (including phenoxy) is 1. The van der Waals surface area contributed by atoms with Crippen LogP contribution in [0.1, 0.15) is 10.4 Å². The molecule has 0 aliphatic carbocycles. The molecule has 0 aliphatic heterocycles. The summed E-state index contributed by atoms with van der Waals surface area (Å²) < 4.78 is 19.3. The van der Waals surface area contributed by atoms with E-state index in [-0.39, 0.29) is 23.2 Å². The van der Waals surface area contributed by atoms with E-state index in [0.29, 0.717) is 15.1 Å². The molecule has 2 nitrogen and oxygen atoms in total. The molecule has 0 amide bonds. The average molecular weight is 378 g/mol. The van der Waals surface area contributed by atoms with Crippen LogP contribution in [0.25, 0.3) is 0 Å². The number of hydrogen-bond acceptors (Lipinski definition) is 2. The molecule has 6 heteroatoms. The lowest BCUT2D eigenvalue weighted by molar-refractivity contribution is 0.0919. The third-order valence-corrected chi connectivity index (χ3v) is 3.73. The van der Waals surface area contributed by atoms with Gasteiger partial charge in [-0.15, -0.1) is 0 Å². The smallest absolute Gasteiger partial charge is 0.200 e. The summed E-state index contributed by atoms with van der Waals surface area (Å²) in [4.78, 5) is 11.9. The van der Waals surface area contributed by atoms with Crippen LogP contribution in [0.2, 0.25) is 10.0 Å². The minimum atomic E-state index is -0.540. The fourth-order valence-electron chi connectivity index (χ4n) is 1.49. The van der Waals surface area contributed by atoms with Gasteiger partial charge in [-0.3, -0.25) is 4.79 Å². The second-order valence-electron chi connectivity index (χ2n) is 3.92. The van der Waals surface area contributed by atoms with Crippen LogP contribution in [0.5, 0.6) is 5.75 Å². The summed E-state index contributed by atoms with van der Waals surface area (Å²) >= 11 is 14.7. The molecule has 0 saturated heterocycles. The van der Waals surface area contributed by atoms with E-state index in [1.807, 2.05) is 0 Å². The van der Waals surface area contributed by atoms with Crippen molar-refractivity contribution in [2.75, 3.05) is 6.61 Å². The zero-order chi connectivity index (χ0) is 14.7. The van der Waals surface area contributed by atoms with Crippen LogP contribution >= 0.6 is 39.1 Å². The van der Waals surface area contributed by atoms with Gasteiger partial charge in [0, 0.05) is 10.0 Å². The first-order valence-corrected chi connectivity index (χ1v) is 7.08. The fourth-order valence-corrected chi connectivity index (χ4v) is 2.12. The molecule has 2 rings (SSSR count). The van der Waals surface area contributed by atoms with Gasteiger partial charge in [0.05, 0.1) is 10.0 Å². The summed E-state index contributed by atoms with van der Waals surface area (Å²) in [6.45, 7) is -0.281. The van der Waals surface area contributed by atoms with Crippen molar-refractivity contribution in [3.05, 3.63) is 62.3 Å². The number of rotatable bonds is 4. The molecular formula is C14H8BrCl2FO2. The Labute approximate surface area is 133 Å². The van der Waals surface area contributed by atoms with Crippen LogP contribution in [-0.4, -0.2) is 12.4 Å². The van der Waals surface area contributed by atoms with Crippen molar-refractivity contribution >= 4 is 44.9 Å². The molecule has 0 fully saturated rings. The van der Waals surface area contributed by atoms with Gasteiger partial charge in [-0.25, -0.2) is 4.39 Å². The number of carbonyl (C=O) groups is 1. The highest BCUT2D eigenvalue weighted by Crippen LogP contribution is 2.24. The maximum atomic E-state index is 13.5. The molecule has 104 valence electrons. The summed E-state index contributed by atoms with van der Waals surface area (Å²) in [7, 11) is 0. The number of ketones is 1. The van der Waals surface area contributed by atoms with Crippen LogP contribution in [0.4, 0.5) is 4.39 Å². The quantitative estimate of drug-likeness (QED) is 0.688. The topological polar surface area (TPSA) is 26.3 Å². The van der Waals surface area contributed by atoms with E-state index < -0.39 is 5.82 Å². The molecule has 0 radical (unpaired) electrons. The maximum Gasteiger partial charge on any atom is 0.200 e. The van der Waals surface area contributed by atoms with Gasteiger partial charge in [0.1, 0.15) is 0 Å². The summed E-state index contributed by atoms with van der Waals surface area (Å²) in [6, 6.07) is 8.85. The lowest BCUT2D eigenvalue weighted by atomic mass is 10.1. The molecule has 0 spiro atoms. The Bertz CT molecular complexity index is 662. The van der Waals surface area contributed by atoms with E-state index in [1.54, 1.807) is 6.07 Å². The van der Waals surface area contributed by atoms with Crippen molar-refractivity contribution in [1.82, 2.24) is 0 Å². The molecule has 0 N–H and O–H groups in total. The Morgan fingerprint density at radius 3 is 2.55 bits per heavy atom. The van der Waals surface area contributed by atoms with Crippen molar-refractivity contribution in [2.24, 2.45) is 0 Å². The number of hydrogen-bond donors (Lipinski definition) is 0. The van der Waals surface area contributed by atoms with E-state index in [4.69, 9.17) is 27.9 Å². The minimum Gasteiger partial charge on any atom is -0.482 e. The predicted octanol–water partition coefficient (Wildman–Crippen LogP) is 5.16. The summed E-state index contributed by atoms with van der Waals surface area (Å²) in [5, 5.41) is 0.649. The van der Waals surface area contributed by atoms with Gasteiger partial charge in [0.2, 0.25) is 0 Å². The summed E-state index contributed by atoms with van der Waals surface area (Å²) in [5.74, 6) is -0.839. The van der Waals surface area contributed by atoms with E-state index >= 15 is 0 Å². The molecule has 0 unspecified atom stereocenters. The highest BCUT2D eigenvalue weighted by molar-refractivity contribution is 9.10. The molecule has 0 aliphatic rings. The molecule has 2 aromatic carbocycles. The first kappa shape index (κ1) is 15.3. The number of halogens is 4. The Hall–Kier alpha value is -1.10. The molecule has 2 aromatic rings. The molecule has 0 aromatic heterocycles. The normalized spacial score (nSPS) is 10.4. The first-order valence-electron chi connectivity index (χ1n) is 5.53. The van der Waals surface area contributed by atoms with Gasteiger partial charge < -0.3 is 4.74 Å². The third-order valence-electron chi connectivity index (χ3n) is 2.49. The van der Waals surface area contributed by atoms with Crippen LogP contribution < -0.4 is 4.74 Å². The van der Waals surface area contributed by atoms with Crippen LogP contribution in [0.3, 0.4) is 0 Å². The second kappa shape index (κ2) is 6.57. The number of Topliss-reactive ketones (excluding diaryl/α,β-unsaturated/α-hetero) is 1. The molecule has 0 bridgehead atoms. The van der Waals surface area contributed by atoms with Gasteiger partial charge >= 0.3 is 0 Å². The van der Waals surface area contributed by atoms with Crippen LogP contribution in [-0.2, 0) is 0 Å². The van der Waals surface area contributed by atoms with Crippen molar-refractivity contribution in [2.45, 2.75) is 0 Å². The first-order chi connectivity index (χ1) is 9.47. The van der Waals surface area contributed by atoms with E-state index in [1.165, 1.54) is 30.3 Å². The Morgan fingerprint density at radius 2 is 1.90 bits per heavy atom. The molecule has 0 saturated carbocycles. The zero-order valence-electron chi connectivity index (χ0n) is 10.00. The van der Waals surface area contributed by atoms with E-state index in [9.17, 15) is 9.18 Å². The lowest BCUT2D eigenvalue weighted by Crippen LogP contribution is -2.12. The monoisotopic (exact) mass is 376 g/mol. The Morgan fingerprint density at radius 1 is 1.15 bits per heavy atom. The van der Waals surface area contributed by atoms with Crippen LogP contribution in [0, 0.1) is 5.82 Å². The summed E-state index contributed by atoms with van der Waals surface area (Å²) in [5.41, 5.74) is 0.358. The Kier molecular flexibility index (Phi) is 5.02. The molecule has 20 heavy (non-hydrogen) atoms. The van der Waals surface area contributed by atoms with Gasteiger partial charge in [0.15, 0.2) is 24.0 Å². The van der Waals surface area contributed by atoms with Crippen molar-refractivity contribution < 1.29 is 13.9 Å². The molecular weight excluding hydrogens is 370 g/mol. The number of carbonyl (C=O) groups excluding carboxylic acids is 1. The highest BCUT2D eigenvalue weighted by Gasteiger charge is 2.11. The van der Waals surface area contributed by atoms with Gasteiger partial charge in [-0.05, 0) is 36.4 Å². The highest BCUT2D eigenvalue weighted by atomic mass is 79.9. The standard InChI is InChI=1S/C14H8BrCl2FO2/c15-9-2-4-14(12(18)6-9)20-7-13(19)8-1-3-10(16)11(17)5-8/h1-6H,7H2. The van der Waals surface area contributed by atoms with Crippen LogP contribution in [0.15, 0.2) is 40.9 Å². The largest absolute Gasteiger partial charge is 0.482 e. The van der Waals surface area contributed by atoms with Gasteiger partial charge in [0.25, 0.3) is 0 Å². The molecule has 0 heterocycles. The number of benzene rings is 2. The SMILES string of the molecule is O=C(COc1ccc(Br)cc1F)c1ccc(Cl)c(Cl)c1. The van der Waals surface area contributed by atoms with Crippen molar-refractivity contribution in [3.8, 4) is 5.75 Å². The zero-order valence-corrected chi connectivity index (χ0v) is 13.1. The third kappa shape index (κ3) is 3.72. The van der Waals surface area contributed by atoms with E-state index in [2.05, 4.69) is 15.9 Å². The van der Waals surface area contributed by atoms with Gasteiger partial charge in [-0.1, -0.05) is 39.1 Å². The summed E-state index contributed by atoms with van der Waals surface area (Å²) in [6.07, 6.45) is 0. The average Bonchev–Trinajstić information content (AvgIpc) is 2.40. The van der Waals surface area contributed by atoms with Gasteiger partial charge in [-0.2, -0.15) is 0 Å². The second-order valence-corrected chi connectivity index (χ2v) is 5.65. The van der Waals surface area contributed by atoms with Crippen molar-refractivity contribution in [1.29, 1.82) is 0 Å². The lowest BCUT2D eigenvalue weighted by Gasteiger charge is -2.07. The fraction of sp³-hybridized carbons (Fsp3) is 0.0714. The molecule has 0 atom stereocenters. The Balaban J connectivity index is 2.06. The van der Waals surface area contributed by atoms with E-state index in [0.717, 1.165) is 0 Å².